The predicted molar refractivity (Wildman–Crippen MR) is 63.1 cm³/mol. The van der Waals surface area contributed by atoms with Crippen LogP contribution in [0.25, 0.3) is 0 Å². The van der Waals surface area contributed by atoms with Crippen molar-refractivity contribution in [2.75, 3.05) is 6.54 Å². The predicted octanol–water partition coefficient (Wildman–Crippen LogP) is 2.10. The Bertz CT molecular complexity index is 341. The van der Waals surface area contributed by atoms with Gasteiger partial charge < -0.3 is 5.32 Å². The molecule has 90 valence electrons. The van der Waals surface area contributed by atoms with Crippen molar-refractivity contribution < 1.29 is 9.59 Å². The molecule has 1 heterocycles. The lowest BCUT2D eigenvalue weighted by Gasteiger charge is -2.29. The van der Waals surface area contributed by atoms with Crippen LogP contribution in [0.15, 0.2) is 11.6 Å². The van der Waals surface area contributed by atoms with Gasteiger partial charge in [0.1, 0.15) is 5.54 Å². The first kappa shape index (κ1) is 13.0. The quantitative estimate of drug-likeness (QED) is 0.770. The molecule has 1 saturated heterocycles. The minimum Gasteiger partial charge on any atom is -0.323 e. The average Bonchev–Trinajstić information content (AvgIpc) is 2.42. The number of imide groups is 1. The van der Waals surface area contributed by atoms with Gasteiger partial charge >= 0.3 is 6.03 Å². The molecule has 1 aliphatic rings. The number of nitrogens with zero attached hydrogens (tertiary/aromatic N) is 1. The van der Waals surface area contributed by atoms with Crippen LogP contribution in [-0.2, 0) is 4.79 Å². The normalized spacial score (nSPS) is 25.2. The summed E-state index contributed by atoms with van der Waals surface area (Å²) in [5, 5.41) is 3.04. The van der Waals surface area contributed by atoms with E-state index in [1.807, 2.05) is 20.8 Å². The van der Waals surface area contributed by atoms with E-state index >= 15 is 0 Å². The Hall–Kier alpha value is -1.03. The van der Waals surface area contributed by atoms with Crippen molar-refractivity contribution in [1.82, 2.24) is 10.2 Å². The Morgan fingerprint density at radius 2 is 2.12 bits per heavy atom. The Kier molecular flexibility index (Phi) is 3.63. The molecule has 4 nitrogen and oxygen atoms in total. The molecule has 0 radical (unpaired) electrons. The van der Waals surface area contributed by atoms with Crippen molar-refractivity contribution in [3.8, 4) is 0 Å². The van der Waals surface area contributed by atoms with Crippen LogP contribution in [0.1, 0.15) is 27.2 Å². The fourth-order valence-corrected chi connectivity index (χ4v) is 2.12. The van der Waals surface area contributed by atoms with Gasteiger partial charge in [0.15, 0.2) is 0 Å². The number of rotatable bonds is 4. The molecular weight excluding hydrogens is 228 g/mol. The summed E-state index contributed by atoms with van der Waals surface area (Å²) in [6, 6.07) is -0.387. The Balaban J connectivity index is 3.00. The Morgan fingerprint density at radius 1 is 1.56 bits per heavy atom. The number of halogens is 1. The second-order valence-electron chi connectivity index (χ2n) is 4.32. The molecule has 1 N–H and O–H groups in total. The Labute approximate surface area is 101 Å². The van der Waals surface area contributed by atoms with E-state index in [-0.39, 0.29) is 29.4 Å². The first-order chi connectivity index (χ1) is 7.35. The van der Waals surface area contributed by atoms with Crippen molar-refractivity contribution in [2.24, 2.45) is 5.92 Å². The summed E-state index contributed by atoms with van der Waals surface area (Å²) in [6.45, 7) is 9.29. The van der Waals surface area contributed by atoms with Gasteiger partial charge in [0.25, 0.3) is 5.91 Å². The van der Waals surface area contributed by atoms with Crippen LogP contribution in [0.2, 0.25) is 0 Å². The minimum absolute atomic E-state index is 0.0440. The van der Waals surface area contributed by atoms with Gasteiger partial charge in [-0.05, 0) is 12.3 Å². The molecule has 1 fully saturated rings. The summed E-state index contributed by atoms with van der Waals surface area (Å²) in [5.41, 5.74) is -0.788. The van der Waals surface area contributed by atoms with Gasteiger partial charge in [-0.15, -0.1) is 0 Å². The lowest BCUT2D eigenvalue weighted by molar-refractivity contribution is -0.132. The summed E-state index contributed by atoms with van der Waals surface area (Å²) in [6.07, 6.45) is 0.570. The summed E-state index contributed by atoms with van der Waals surface area (Å²) < 4.78 is 0. The molecule has 0 spiro atoms. The van der Waals surface area contributed by atoms with Crippen LogP contribution in [0, 0.1) is 5.92 Å². The lowest BCUT2D eigenvalue weighted by Crippen LogP contribution is -2.51. The molecule has 0 aliphatic carbocycles. The van der Waals surface area contributed by atoms with Crippen LogP contribution < -0.4 is 5.32 Å². The van der Waals surface area contributed by atoms with Crippen LogP contribution in [0.4, 0.5) is 4.79 Å². The molecule has 3 amide bonds. The first-order valence-corrected chi connectivity index (χ1v) is 5.70. The van der Waals surface area contributed by atoms with E-state index in [4.69, 9.17) is 11.6 Å². The molecule has 0 aromatic carbocycles. The topological polar surface area (TPSA) is 49.4 Å². The summed E-state index contributed by atoms with van der Waals surface area (Å²) in [7, 11) is 0. The molecule has 0 aromatic heterocycles. The van der Waals surface area contributed by atoms with E-state index in [2.05, 4.69) is 11.9 Å². The number of urea groups is 1. The summed E-state index contributed by atoms with van der Waals surface area (Å²) in [4.78, 5) is 25.0. The van der Waals surface area contributed by atoms with E-state index in [0.29, 0.717) is 6.42 Å². The Morgan fingerprint density at radius 3 is 2.44 bits per heavy atom. The number of amides is 3. The molecular formula is C11H17ClN2O2. The van der Waals surface area contributed by atoms with Crippen molar-refractivity contribution in [1.29, 1.82) is 0 Å². The maximum atomic E-state index is 12.2. The zero-order valence-corrected chi connectivity index (χ0v) is 10.6. The largest absolute Gasteiger partial charge is 0.325 e. The number of carbonyl (C=O) groups excluding carboxylic acids is 2. The lowest BCUT2D eigenvalue weighted by atomic mass is 9.84. The van der Waals surface area contributed by atoms with Gasteiger partial charge in [0, 0.05) is 5.03 Å². The maximum absolute atomic E-state index is 12.2. The van der Waals surface area contributed by atoms with Gasteiger partial charge in [-0.1, -0.05) is 39.0 Å². The fraction of sp³-hybridized carbons (Fsp3) is 0.636. The van der Waals surface area contributed by atoms with E-state index in [0.717, 1.165) is 4.90 Å². The summed E-state index contributed by atoms with van der Waals surface area (Å²) >= 11 is 5.64. The second-order valence-corrected chi connectivity index (χ2v) is 4.85. The fourth-order valence-electron chi connectivity index (χ4n) is 2.00. The molecule has 0 aromatic rings. The van der Waals surface area contributed by atoms with Gasteiger partial charge in [0.05, 0.1) is 6.54 Å². The maximum Gasteiger partial charge on any atom is 0.325 e. The molecule has 1 rings (SSSR count). The van der Waals surface area contributed by atoms with Crippen LogP contribution in [0.3, 0.4) is 0 Å². The monoisotopic (exact) mass is 244 g/mol. The van der Waals surface area contributed by atoms with Crippen molar-refractivity contribution in [2.45, 2.75) is 32.7 Å². The highest BCUT2D eigenvalue weighted by molar-refractivity contribution is 6.30. The zero-order valence-electron chi connectivity index (χ0n) is 9.84. The second kappa shape index (κ2) is 4.45. The number of hydrogen-bond acceptors (Lipinski definition) is 2. The van der Waals surface area contributed by atoms with Crippen molar-refractivity contribution in [3.05, 3.63) is 11.6 Å². The van der Waals surface area contributed by atoms with Crippen LogP contribution in [0.5, 0.6) is 0 Å². The van der Waals surface area contributed by atoms with Crippen LogP contribution in [-0.4, -0.2) is 28.9 Å². The highest BCUT2D eigenvalue weighted by Crippen LogP contribution is 2.29. The molecule has 0 unspecified atom stereocenters. The number of carbonyl (C=O) groups is 2. The highest BCUT2D eigenvalue weighted by atomic mass is 35.5. The van der Waals surface area contributed by atoms with Crippen molar-refractivity contribution >= 4 is 23.5 Å². The molecule has 1 atom stereocenters. The van der Waals surface area contributed by atoms with E-state index in [9.17, 15) is 9.59 Å². The van der Waals surface area contributed by atoms with Gasteiger partial charge in [-0.3, -0.25) is 9.69 Å². The average molecular weight is 245 g/mol. The van der Waals surface area contributed by atoms with E-state index in [1.54, 1.807) is 0 Å². The molecule has 16 heavy (non-hydrogen) atoms. The molecule has 0 saturated carbocycles. The standard InChI is InChI=1S/C11H17ClN2O2/c1-5-11(7(2)3)9(15)14(6-8(4)12)10(16)13-11/h7H,4-6H2,1-3H3,(H,13,16)/t11-/m1/s1. The van der Waals surface area contributed by atoms with E-state index in [1.165, 1.54) is 0 Å². The third-order valence-corrected chi connectivity index (χ3v) is 3.19. The first-order valence-electron chi connectivity index (χ1n) is 5.32. The SMILES string of the molecule is C=C(Cl)CN1C(=O)N[C@](CC)(C(C)C)C1=O. The molecule has 5 heteroatoms. The van der Waals surface area contributed by atoms with Gasteiger partial charge in [-0.2, -0.15) is 0 Å². The zero-order chi connectivity index (χ0) is 12.5. The van der Waals surface area contributed by atoms with Gasteiger partial charge in [0.2, 0.25) is 0 Å². The summed E-state index contributed by atoms with van der Waals surface area (Å²) in [5.74, 6) is -0.167. The van der Waals surface area contributed by atoms with Gasteiger partial charge in [-0.25, -0.2) is 4.79 Å². The smallest absolute Gasteiger partial charge is 0.323 e. The minimum atomic E-state index is -0.788. The van der Waals surface area contributed by atoms with E-state index < -0.39 is 5.54 Å². The third kappa shape index (κ3) is 1.94. The third-order valence-electron chi connectivity index (χ3n) is 3.07. The van der Waals surface area contributed by atoms with Crippen molar-refractivity contribution in [3.63, 3.8) is 0 Å². The van der Waals surface area contributed by atoms with Crippen LogP contribution >= 0.6 is 11.6 Å². The molecule has 1 aliphatic heterocycles. The highest BCUT2D eigenvalue weighted by Gasteiger charge is 2.51. The number of nitrogens with one attached hydrogen (secondary N) is 1. The number of hydrogen-bond donors (Lipinski definition) is 1. The molecule has 0 bridgehead atoms.